The van der Waals surface area contributed by atoms with E-state index in [0.717, 1.165) is 25.9 Å². The van der Waals surface area contributed by atoms with Crippen molar-refractivity contribution in [3.8, 4) is 0 Å². The lowest BCUT2D eigenvalue weighted by Gasteiger charge is -2.19. The topological polar surface area (TPSA) is 44.8 Å². The predicted octanol–water partition coefficient (Wildman–Crippen LogP) is 3.92. The first-order valence-electron chi connectivity index (χ1n) is 6.15. The van der Waals surface area contributed by atoms with Crippen LogP contribution in [0.1, 0.15) is 46.5 Å². The standard InChI is InChI=1S/C12H23IO4S/c1-12(2,3)17-11(14)7-5-4-6-8-15-9-10-16-18-13/h4-10H2,1-3H3. The maximum absolute atomic E-state index is 11.4. The van der Waals surface area contributed by atoms with E-state index in [1.165, 1.54) is 9.21 Å². The number of carbonyl (C=O) groups excluding carboxylic acids is 1. The van der Waals surface area contributed by atoms with Gasteiger partial charge in [0.2, 0.25) is 0 Å². The van der Waals surface area contributed by atoms with E-state index in [4.69, 9.17) is 13.7 Å². The number of ether oxygens (including phenoxy) is 2. The Hall–Kier alpha value is 0.470. The van der Waals surface area contributed by atoms with Crippen molar-refractivity contribution in [2.45, 2.75) is 52.1 Å². The van der Waals surface area contributed by atoms with Crippen LogP contribution in [-0.2, 0) is 18.5 Å². The third-order valence-electron chi connectivity index (χ3n) is 1.95. The van der Waals surface area contributed by atoms with Gasteiger partial charge in [0.25, 0.3) is 0 Å². The van der Waals surface area contributed by atoms with Crippen molar-refractivity contribution in [3.05, 3.63) is 0 Å². The van der Waals surface area contributed by atoms with Gasteiger partial charge in [-0.1, -0.05) is 6.42 Å². The molecule has 0 heterocycles. The highest BCUT2D eigenvalue weighted by Crippen LogP contribution is 2.12. The zero-order valence-corrected chi connectivity index (χ0v) is 14.3. The second-order valence-electron chi connectivity index (χ2n) is 4.89. The first-order chi connectivity index (χ1) is 8.45. The van der Waals surface area contributed by atoms with Crippen LogP contribution < -0.4 is 0 Å². The Morgan fingerprint density at radius 1 is 1.11 bits per heavy atom. The fourth-order valence-corrected chi connectivity index (χ4v) is 1.94. The maximum atomic E-state index is 11.4. The van der Waals surface area contributed by atoms with Gasteiger partial charge >= 0.3 is 5.97 Å². The molecule has 0 atom stereocenters. The minimum absolute atomic E-state index is 0.115. The molecule has 0 bridgehead atoms. The molecular formula is C12H23IO4S. The second kappa shape index (κ2) is 11.3. The summed E-state index contributed by atoms with van der Waals surface area (Å²) in [6.45, 7) is 7.62. The van der Waals surface area contributed by atoms with E-state index in [-0.39, 0.29) is 11.6 Å². The van der Waals surface area contributed by atoms with Crippen LogP contribution in [0.2, 0.25) is 0 Å². The summed E-state index contributed by atoms with van der Waals surface area (Å²) in [5, 5.41) is 0. The summed E-state index contributed by atoms with van der Waals surface area (Å²) in [7, 11) is 1.32. The van der Waals surface area contributed by atoms with Gasteiger partial charge in [-0.3, -0.25) is 4.79 Å². The molecule has 0 amide bonds. The van der Waals surface area contributed by atoms with Gasteiger partial charge in [-0.2, -0.15) is 0 Å². The fourth-order valence-electron chi connectivity index (χ4n) is 1.27. The maximum Gasteiger partial charge on any atom is 0.306 e. The molecule has 0 saturated heterocycles. The highest BCUT2D eigenvalue weighted by molar-refractivity contribution is 14.2. The summed E-state index contributed by atoms with van der Waals surface area (Å²) in [6, 6.07) is 0. The van der Waals surface area contributed by atoms with E-state index in [2.05, 4.69) is 21.2 Å². The van der Waals surface area contributed by atoms with Crippen molar-refractivity contribution < 1.29 is 18.5 Å². The molecule has 0 aromatic rings. The molecule has 0 aliphatic heterocycles. The van der Waals surface area contributed by atoms with Crippen LogP contribution in [-0.4, -0.2) is 31.4 Å². The summed E-state index contributed by atoms with van der Waals surface area (Å²) < 4.78 is 15.6. The van der Waals surface area contributed by atoms with Crippen LogP contribution in [0.4, 0.5) is 0 Å². The van der Waals surface area contributed by atoms with Gasteiger partial charge in [0, 0.05) is 34.2 Å². The van der Waals surface area contributed by atoms with E-state index in [9.17, 15) is 4.79 Å². The van der Waals surface area contributed by atoms with Gasteiger partial charge in [-0.15, -0.1) is 0 Å². The SMILES string of the molecule is CC(C)(C)OC(=O)CCCCCOCCOSI. The van der Waals surface area contributed by atoms with E-state index in [1.54, 1.807) is 0 Å². The molecule has 108 valence electrons. The van der Waals surface area contributed by atoms with Crippen LogP contribution in [0.3, 0.4) is 0 Å². The molecule has 0 radical (unpaired) electrons. The van der Waals surface area contributed by atoms with E-state index in [1.807, 2.05) is 20.8 Å². The molecular weight excluding hydrogens is 367 g/mol. The van der Waals surface area contributed by atoms with Gasteiger partial charge in [-0.25, -0.2) is 0 Å². The van der Waals surface area contributed by atoms with Crippen molar-refractivity contribution in [2.24, 2.45) is 0 Å². The van der Waals surface area contributed by atoms with E-state index >= 15 is 0 Å². The van der Waals surface area contributed by atoms with Crippen LogP contribution in [0.15, 0.2) is 0 Å². The van der Waals surface area contributed by atoms with Crippen LogP contribution in [0.25, 0.3) is 0 Å². The van der Waals surface area contributed by atoms with E-state index < -0.39 is 0 Å². The smallest absolute Gasteiger partial charge is 0.306 e. The molecule has 0 N–H and O–H groups in total. The Morgan fingerprint density at radius 3 is 2.44 bits per heavy atom. The highest BCUT2D eigenvalue weighted by Gasteiger charge is 2.15. The van der Waals surface area contributed by atoms with Gasteiger partial charge in [-0.05, 0) is 33.6 Å². The fraction of sp³-hybridized carbons (Fsp3) is 0.917. The number of hydrogen-bond acceptors (Lipinski definition) is 5. The summed E-state index contributed by atoms with van der Waals surface area (Å²) in [6.07, 6.45) is 3.31. The molecule has 18 heavy (non-hydrogen) atoms. The number of carbonyl (C=O) groups is 1. The lowest BCUT2D eigenvalue weighted by atomic mass is 10.1. The van der Waals surface area contributed by atoms with Gasteiger partial charge in [0.1, 0.15) is 5.60 Å². The third-order valence-corrected chi connectivity index (χ3v) is 2.96. The average Bonchev–Trinajstić information content (AvgIpc) is 2.24. The van der Waals surface area contributed by atoms with E-state index in [0.29, 0.717) is 19.6 Å². The van der Waals surface area contributed by atoms with Crippen molar-refractivity contribution in [3.63, 3.8) is 0 Å². The summed E-state index contributed by atoms with van der Waals surface area (Å²) in [4.78, 5) is 11.4. The molecule has 0 aliphatic rings. The number of esters is 1. The zero-order valence-electron chi connectivity index (χ0n) is 11.4. The second-order valence-corrected chi connectivity index (χ2v) is 6.33. The van der Waals surface area contributed by atoms with Crippen molar-refractivity contribution in [2.75, 3.05) is 19.8 Å². The molecule has 0 saturated carbocycles. The minimum atomic E-state index is -0.378. The van der Waals surface area contributed by atoms with Crippen molar-refractivity contribution in [1.82, 2.24) is 0 Å². The monoisotopic (exact) mass is 390 g/mol. The number of rotatable bonds is 10. The Morgan fingerprint density at radius 2 is 1.83 bits per heavy atom. The van der Waals surface area contributed by atoms with Gasteiger partial charge < -0.3 is 13.7 Å². The number of halogens is 1. The molecule has 6 heteroatoms. The summed E-state index contributed by atoms with van der Waals surface area (Å²) >= 11 is 2.08. The molecule has 0 fully saturated rings. The zero-order chi connectivity index (χ0) is 13.9. The van der Waals surface area contributed by atoms with Gasteiger partial charge in [0.05, 0.1) is 22.4 Å². The third kappa shape index (κ3) is 14.5. The van der Waals surface area contributed by atoms with Crippen LogP contribution >= 0.6 is 30.4 Å². The van der Waals surface area contributed by atoms with Crippen molar-refractivity contribution >= 4 is 36.4 Å². The Kier molecular flexibility index (Phi) is 11.6. The normalized spacial score (nSPS) is 11.6. The van der Waals surface area contributed by atoms with Crippen LogP contribution in [0.5, 0.6) is 0 Å². The average molecular weight is 390 g/mol. The number of unbranched alkanes of at least 4 members (excludes halogenated alkanes) is 2. The molecule has 0 aromatic heterocycles. The molecule has 0 spiro atoms. The highest BCUT2D eigenvalue weighted by atomic mass is 127. The quantitative estimate of drug-likeness (QED) is 0.245. The summed E-state index contributed by atoms with van der Waals surface area (Å²) in [5.74, 6) is -0.115. The molecule has 0 aliphatic carbocycles. The predicted molar refractivity (Wildman–Crippen MR) is 82.7 cm³/mol. The van der Waals surface area contributed by atoms with Crippen molar-refractivity contribution in [1.29, 1.82) is 0 Å². The Balaban J connectivity index is 3.23. The Bertz CT molecular complexity index is 219. The lowest BCUT2D eigenvalue weighted by molar-refractivity contribution is -0.154. The Labute approximate surface area is 126 Å². The van der Waals surface area contributed by atoms with Crippen LogP contribution in [0, 0.1) is 0 Å². The first kappa shape index (κ1) is 18.5. The largest absolute Gasteiger partial charge is 0.460 e. The first-order valence-corrected chi connectivity index (χ1v) is 9.44. The molecule has 0 rings (SSSR count). The molecule has 0 aromatic carbocycles. The molecule has 0 unspecified atom stereocenters. The molecule has 4 nitrogen and oxygen atoms in total. The summed E-state index contributed by atoms with van der Waals surface area (Å²) in [5.41, 5.74) is -0.378. The minimum Gasteiger partial charge on any atom is -0.460 e. The number of hydrogen-bond donors (Lipinski definition) is 0. The lowest BCUT2D eigenvalue weighted by Crippen LogP contribution is -2.23. The van der Waals surface area contributed by atoms with Gasteiger partial charge in [0.15, 0.2) is 0 Å².